The summed E-state index contributed by atoms with van der Waals surface area (Å²) in [7, 11) is 4.08. The Balaban J connectivity index is 2.20. The summed E-state index contributed by atoms with van der Waals surface area (Å²) in [5.74, 6) is 0.912. The van der Waals surface area contributed by atoms with Gasteiger partial charge in [0.05, 0.1) is 11.9 Å². The molecule has 0 radical (unpaired) electrons. The fourth-order valence-corrected chi connectivity index (χ4v) is 2.69. The molecule has 0 fully saturated rings. The van der Waals surface area contributed by atoms with Gasteiger partial charge in [-0.25, -0.2) is 9.97 Å². The molecule has 0 N–H and O–H groups in total. The Labute approximate surface area is 132 Å². The van der Waals surface area contributed by atoms with Crippen LogP contribution in [-0.4, -0.2) is 67.9 Å². The van der Waals surface area contributed by atoms with Gasteiger partial charge in [0.2, 0.25) is 10.3 Å². The molecular weight excluding hydrogens is 306 g/mol. The lowest BCUT2D eigenvalue weighted by atomic mass is 10.3. The number of rotatable bonds is 6. The molecule has 0 spiro atoms. The third-order valence-electron chi connectivity index (χ3n) is 2.57. The highest BCUT2D eigenvalue weighted by Gasteiger charge is 2.11. The van der Waals surface area contributed by atoms with Gasteiger partial charge < -0.3 is 4.90 Å². The number of nitrogens with zero attached hydrogens (tertiary/aromatic N) is 7. The van der Waals surface area contributed by atoms with Gasteiger partial charge in [0.1, 0.15) is 11.4 Å². The van der Waals surface area contributed by atoms with Gasteiger partial charge in [-0.15, -0.1) is 10.2 Å². The first-order valence-electron chi connectivity index (χ1n) is 6.33. The molecule has 0 aliphatic heterocycles. The van der Waals surface area contributed by atoms with Crippen LogP contribution in [0.4, 0.5) is 0 Å². The van der Waals surface area contributed by atoms with Crippen LogP contribution in [0.5, 0.6) is 0 Å². The second-order valence-corrected chi connectivity index (χ2v) is 6.34. The smallest absolute Gasteiger partial charge is 0.209 e. The van der Waals surface area contributed by atoms with E-state index in [1.807, 2.05) is 27.3 Å². The number of thioether (sulfide) groups is 2. The molecule has 0 unspecified atom stereocenters. The predicted octanol–water partition coefficient (Wildman–Crippen LogP) is 1.41. The highest BCUT2D eigenvalue weighted by molar-refractivity contribution is 7.99. The Morgan fingerprint density at radius 3 is 2.62 bits per heavy atom. The van der Waals surface area contributed by atoms with Crippen LogP contribution in [-0.2, 0) is 0 Å². The standard InChI is InChI=1S/C12H17N7S2/c1-8-10(15-11(20-4)18-16-8)9-7-13-17-12(14-9)21-6-5-19(2)3/h7H,5-6H2,1-4H3. The highest BCUT2D eigenvalue weighted by atomic mass is 32.2. The third kappa shape index (κ3) is 4.58. The van der Waals surface area contributed by atoms with Crippen molar-refractivity contribution in [3.63, 3.8) is 0 Å². The van der Waals surface area contributed by atoms with Crippen LogP contribution < -0.4 is 0 Å². The highest BCUT2D eigenvalue weighted by Crippen LogP contribution is 2.21. The molecule has 112 valence electrons. The molecule has 0 amide bonds. The van der Waals surface area contributed by atoms with Crippen molar-refractivity contribution >= 4 is 23.5 Å². The lowest BCUT2D eigenvalue weighted by Crippen LogP contribution is -2.15. The summed E-state index contributed by atoms with van der Waals surface area (Å²) < 4.78 is 0. The van der Waals surface area contributed by atoms with Crippen molar-refractivity contribution in [1.29, 1.82) is 0 Å². The maximum Gasteiger partial charge on any atom is 0.209 e. The van der Waals surface area contributed by atoms with Crippen LogP contribution in [0.3, 0.4) is 0 Å². The molecule has 2 heterocycles. The van der Waals surface area contributed by atoms with E-state index in [1.165, 1.54) is 11.8 Å². The van der Waals surface area contributed by atoms with Gasteiger partial charge in [-0.3, -0.25) is 0 Å². The number of aromatic nitrogens is 6. The van der Waals surface area contributed by atoms with Crippen molar-refractivity contribution in [3.8, 4) is 11.4 Å². The van der Waals surface area contributed by atoms with Crippen LogP contribution in [0.2, 0.25) is 0 Å². The molecule has 0 saturated carbocycles. The lowest BCUT2D eigenvalue weighted by molar-refractivity contribution is 0.437. The molecule has 9 heteroatoms. The average molecular weight is 323 g/mol. The topological polar surface area (TPSA) is 80.6 Å². The van der Waals surface area contributed by atoms with E-state index in [-0.39, 0.29) is 0 Å². The summed E-state index contributed by atoms with van der Waals surface area (Å²) in [6.07, 6.45) is 3.52. The molecule has 0 aliphatic carbocycles. The van der Waals surface area contributed by atoms with Crippen LogP contribution in [0.15, 0.2) is 16.5 Å². The summed E-state index contributed by atoms with van der Waals surface area (Å²) in [5.41, 5.74) is 2.12. The number of hydrogen-bond donors (Lipinski definition) is 0. The molecule has 0 bridgehead atoms. The lowest BCUT2D eigenvalue weighted by Gasteiger charge is -2.08. The first-order chi connectivity index (χ1) is 10.1. The van der Waals surface area contributed by atoms with Crippen LogP contribution in [0.25, 0.3) is 11.4 Å². The number of aryl methyl sites for hydroxylation is 1. The van der Waals surface area contributed by atoms with E-state index in [1.54, 1.807) is 18.0 Å². The molecule has 21 heavy (non-hydrogen) atoms. The van der Waals surface area contributed by atoms with E-state index < -0.39 is 0 Å². The van der Waals surface area contributed by atoms with E-state index >= 15 is 0 Å². The number of hydrogen-bond acceptors (Lipinski definition) is 9. The van der Waals surface area contributed by atoms with Gasteiger partial charge in [0.25, 0.3) is 0 Å². The monoisotopic (exact) mass is 323 g/mol. The molecule has 0 aromatic carbocycles. The summed E-state index contributed by atoms with van der Waals surface area (Å²) in [4.78, 5) is 11.1. The Bertz CT molecular complexity index is 606. The predicted molar refractivity (Wildman–Crippen MR) is 84.4 cm³/mol. The molecule has 0 atom stereocenters. The molecule has 0 aliphatic rings. The van der Waals surface area contributed by atoms with E-state index in [4.69, 9.17) is 0 Å². The minimum atomic E-state index is 0.621. The minimum absolute atomic E-state index is 0.621. The van der Waals surface area contributed by atoms with Gasteiger partial charge in [-0.2, -0.15) is 10.2 Å². The maximum atomic E-state index is 4.51. The van der Waals surface area contributed by atoms with Crippen molar-refractivity contribution in [2.24, 2.45) is 0 Å². The van der Waals surface area contributed by atoms with Gasteiger partial charge in [0.15, 0.2) is 0 Å². The maximum absolute atomic E-state index is 4.51. The van der Waals surface area contributed by atoms with Crippen LogP contribution in [0, 0.1) is 6.92 Å². The van der Waals surface area contributed by atoms with E-state index in [2.05, 4.69) is 35.3 Å². The second kappa shape index (κ2) is 7.62. The van der Waals surface area contributed by atoms with Crippen molar-refractivity contribution in [2.75, 3.05) is 32.6 Å². The Morgan fingerprint density at radius 2 is 1.90 bits per heavy atom. The van der Waals surface area contributed by atoms with Gasteiger partial charge >= 0.3 is 0 Å². The Kier molecular flexibility index (Phi) is 5.83. The van der Waals surface area contributed by atoms with E-state index in [9.17, 15) is 0 Å². The van der Waals surface area contributed by atoms with Gasteiger partial charge in [0, 0.05) is 12.3 Å². The fraction of sp³-hybridized carbons (Fsp3) is 0.500. The summed E-state index contributed by atoms with van der Waals surface area (Å²) >= 11 is 3.03. The molecule has 7 nitrogen and oxygen atoms in total. The zero-order valence-electron chi connectivity index (χ0n) is 12.4. The average Bonchev–Trinajstić information content (AvgIpc) is 2.48. The quantitative estimate of drug-likeness (QED) is 0.733. The fourth-order valence-electron chi connectivity index (χ4n) is 1.48. The SMILES string of the molecule is CSc1nnc(C)c(-c2cnnc(SCCN(C)C)n2)n1. The summed E-state index contributed by atoms with van der Waals surface area (Å²) in [6.45, 7) is 2.82. The zero-order valence-corrected chi connectivity index (χ0v) is 14.1. The molecule has 2 aromatic heterocycles. The Hall–Kier alpha value is -1.32. The molecular formula is C12H17N7S2. The largest absolute Gasteiger partial charge is 0.309 e. The van der Waals surface area contributed by atoms with E-state index in [0.29, 0.717) is 21.7 Å². The minimum Gasteiger partial charge on any atom is -0.309 e. The first-order valence-corrected chi connectivity index (χ1v) is 8.54. The van der Waals surface area contributed by atoms with Crippen molar-refractivity contribution in [1.82, 2.24) is 35.3 Å². The second-order valence-electron chi connectivity index (χ2n) is 4.51. The van der Waals surface area contributed by atoms with Crippen molar-refractivity contribution in [3.05, 3.63) is 11.9 Å². The third-order valence-corrected chi connectivity index (χ3v) is 3.93. The van der Waals surface area contributed by atoms with E-state index in [0.717, 1.165) is 18.0 Å². The van der Waals surface area contributed by atoms with Gasteiger partial charge in [-0.1, -0.05) is 23.5 Å². The summed E-state index contributed by atoms with van der Waals surface area (Å²) in [6, 6.07) is 0. The molecule has 2 aromatic rings. The van der Waals surface area contributed by atoms with Gasteiger partial charge in [-0.05, 0) is 27.3 Å². The van der Waals surface area contributed by atoms with Crippen molar-refractivity contribution < 1.29 is 0 Å². The zero-order chi connectivity index (χ0) is 15.2. The van der Waals surface area contributed by atoms with Crippen LogP contribution in [0.1, 0.15) is 5.69 Å². The van der Waals surface area contributed by atoms with Crippen molar-refractivity contribution in [2.45, 2.75) is 17.2 Å². The normalized spacial score (nSPS) is 11.1. The first kappa shape index (κ1) is 16.1. The Morgan fingerprint density at radius 1 is 1.10 bits per heavy atom. The summed E-state index contributed by atoms with van der Waals surface area (Å²) in [5, 5.41) is 17.4. The molecule has 2 rings (SSSR count). The van der Waals surface area contributed by atoms with Crippen LogP contribution >= 0.6 is 23.5 Å². The molecule has 0 saturated heterocycles.